The van der Waals surface area contributed by atoms with Gasteiger partial charge in [-0.05, 0) is 28.1 Å². The Balaban J connectivity index is 2.30. The van der Waals surface area contributed by atoms with E-state index in [1.807, 2.05) is 19.1 Å². The molecule has 0 bridgehead atoms. The molecule has 2 rings (SSSR count). The molecule has 0 amide bonds. The van der Waals surface area contributed by atoms with Crippen molar-refractivity contribution in [3.8, 4) is 0 Å². The molecule has 1 unspecified atom stereocenters. The van der Waals surface area contributed by atoms with Gasteiger partial charge in [0.05, 0.1) is 11.9 Å². The number of carbonyl (C=O) groups is 1. The highest BCUT2D eigenvalue weighted by atomic mass is 79.9. The molecule has 0 fully saturated rings. The van der Waals surface area contributed by atoms with E-state index in [0.29, 0.717) is 0 Å². The van der Waals surface area contributed by atoms with Crippen LogP contribution in [0.4, 0.5) is 0 Å². The molecule has 1 N–H and O–H groups in total. The Morgan fingerprint density at radius 1 is 1.56 bits per heavy atom. The minimum Gasteiger partial charge on any atom is -0.481 e. The summed E-state index contributed by atoms with van der Waals surface area (Å²) in [6.07, 6.45) is 3.56. The van der Waals surface area contributed by atoms with Gasteiger partial charge in [0, 0.05) is 27.0 Å². The molecule has 18 heavy (non-hydrogen) atoms. The van der Waals surface area contributed by atoms with Gasteiger partial charge in [-0.3, -0.25) is 14.8 Å². The highest BCUT2D eigenvalue weighted by Crippen LogP contribution is 2.30. The summed E-state index contributed by atoms with van der Waals surface area (Å²) in [5, 5.41) is 8.76. The van der Waals surface area contributed by atoms with Gasteiger partial charge in [-0.2, -0.15) is 0 Å². The van der Waals surface area contributed by atoms with Crippen molar-refractivity contribution in [3.63, 3.8) is 0 Å². The van der Waals surface area contributed by atoms with Crippen LogP contribution in [-0.4, -0.2) is 26.3 Å². The summed E-state index contributed by atoms with van der Waals surface area (Å²) < 4.78 is 0.878. The number of thioether (sulfide) groups is 1. The smallest absolute Gasteiger partial charge is 0.304 e. The van der Waals surface area contributed by atoms with Crippen molar-refractivity contribution in [2.24, 2.45) is 0 Å². The third-order valence-corrected chi connectivity index (χ3v) is 3.88. The number of aliphatic carboxylic acids is 1. The summed E-state index contributed by atoms with van der Waals surface area (Å²) in [6.45, 7) is 1.89. The van der Waals surface area contributed by atoms with Crippen LogP contribution < -0.4 is 0 Å². The minimum absolute atomic E-state index is 0.00135. The lowest BCUT2D eigenvalue weighted by Gasteiger charge is -2.10. The second kappa shape index (κ2) is 5.67. The van der Waals surface area contributed by atoms with Crippen LogP contribution in [0.1, 0.15) is 13.3 Å². The largest absolute Gasteiger partial charge is 0.481 e. The topological polar surface area (TPSA) is 63.1 Å². The maximum absolute atomic E-state index is 10.7. The van der Waals surface area contributed by atoms with Crippen LogP contribution in [0.2, 0.25) is 0 Å². The van der Waals surface area contributed by atoms with Crippen molar-refractivity contribution in [2.75, 3.05) is 0 Å². The number of carboxylic acids is 1. The normalized spacial score (nSPS) is 12.6. The van der Waals surface area contributed by atoms with Crippen molar-refractivity contribution in [2.45, 2.75) is 23.5 Å². The number of nitrogens with zero attached hydrogens (tertiary/aromatic N) is 2. The number of rotatable bonds is 4. The monoisotopic (exact) mass is 326 g/mol. The maximum Gasteiger partial charge on any atom is 0.304 e. The van der Waals surface area contributed by atoms with Gasteiger partial charge >= 0.3 is 5.97 Å². The van der Waals surface area contributed by atoms with Crippen LogP contribution in [0.5, 0.6) is 0 Å². The Bertz CT molecular complexity index is 591. The number of fused-ring (bicyclic) bond motifs is 1. The quantitative estimate of drug-likeness (QED) is 0.873. The zero-order chi connectivity index (χ0) is 13.1. The molecule has 0 saturated carbocycles. The van der Waals surface area contributed by atoms with Gasteiger partial charge in [-0.1, -0.05) is 6.92 Å². The Kier molecular flexibility index (Phi) is 4.19. The van der Waals surface area contributed by atoms with Crippen LogP contribution in [-0.2, 0) is 4.79 Å². The molecular weight excluding hydrogens is 316 g/mol. The number of hydrogen-bond acceptors (Lipinski definition) is 4. The highest BCUT2D eigenvalue weighted by molar-refractivity contribution is 9.10. The van der Waals surface area contributed by atoms with Crippen LogP contribution in [0.15, 0.2) is 33.9 Å². The molecular formula is C12H11BrN2O2S. The highest BCUT2D eigenvalue weighted by Gasteiger charge is 2.12. The van der Waals surface area contributed by atoms with Gasteiger partial charge in [0.15, 0.2) is 0 Å². The summed E-state index contributed by atoms with van der Waals surface area (Å²) in [4.78, 5) is 20.2. The Hall–Kier alpha value is -1.14. The van der Waals surface area contributed by atoms with Crippen LogP contribution in [0.25, 0.3) is 11.0 Å². The van der Waals surface area contributed by atoms with Crippen molar-refractivity contribution < 1.29 is 9.90 Å². The lowest BCUT2D eigenvalue weighted by Crippen LogP contribution is -2.05. The lowest BCUT2D eigenvalue weighted by molar-refractivity contribution is -0.136. The van der Waals surface area contributed by atoms with E-state index < -0.39 is 5.97 Å². The average molecular weight is 327 g/mol. The van der Waals surface area contributed by atoms with E-state index >= 15 is 0 Å². The number of pyridine rings is 2. The van der Waals surface area contributed by atoms with Gasteiger partial charge in [-0.15, -0.1) is 11.8 Å². The Morgan fingerprint density at radius 2 is 2.33 bits per heavy atom. The lowest BCUT2D eigenvalue weighted by atomic mass is 10.3. The van der Waals surface area contributed by atoms with Crippen LogP contribution in [0, 0.1) is 0 Å². The predicted molar refractivity (Wildman–Crippen MR) is 74.8 cm³/mol. The molecule has 6 heteroatoms. The van der Waals surface area contributed by atoms with Crippen molar-refractivity contribution in [1.29, 1.82) is 0 Å². The Labute approximate surface area is 117 Å². The zero-order valence-corrected chi connectivity index (χ0v) is 12.0. The van der Waals surface area contributed by atoms with E-state index in [2.05, 4.69) is 25.9 Å². The van der Waals surface area contributed by atoms with Gasteiger partial charge in [0.2, 0.25) is 0 Å². The van der Waals surface area contributed by atoms with E-state index in [0.717, 1.165) is 20.4 Å². The SMILES string of the molecule is CC(CC(=O)O)Sc1ccnc2cc(Br)cnc12. The number of hydrogen-bond donors (Lipinski definition) is 1. The summed E-state index contributed by atoms with van der Waals surface area (Å²) in [5.74, 6) is -0.788. The molecule has 2 aromatic heterocycles. The van der Waals surface area contributed by atoms with Crippen molar-refractivity contribution in [1.82, 2.24) is 9.97 Å². The summed E-state index contributed by atoms with van der Waals surface area (Å²) >= 11 is 4.86. The number of halogens is 1. The van der Waals surface area contributed by atoms with Crippen molar-refractivity contribution in [3.05, 3.63) is 29.0 Å². The zero-order valence-electron chi connectivity index (χ0n) is 9.63. The fourth-order valence-electron chi connectivity index (χ4n) is 1.58. The second-order valence-corrected chi connectivity index (χ2v) is 6.25. The van der Waals surface area contributed by atoms with E-state index in [4.69, 9.17) is 5.11 Å². The van der Waals surface area contributed by atoms with Crippen LogP contribution >= 0.6 is 27.7 Å². The minimum atomic E-state index is -0.788. The van der Waals surface area contributed by atoms with Crippen LogP contribution in [0.3, 0.4) is 0 Å². The first-order valence-corrected chi connectivity index (χ1v) is 7.02. The average Bonchev–Trinajstić information content (AvgIpc) is 2.27. The molecule has 2 heterocycles. The first-order chi connectivity index (χ1) is 8.56. The number of carboxylic acid groups (broad SMARTS) is 1. The van der Waals surface area contributed by atoms with E-state index in [-0.39, 0.29) is 11.7 Å². The summed E-state index contributed by atoms with van der Waals surface area (Å²) in [7, 11) is 0. The van der Waals surface area contributed by atoms with Crippen molar-refractivity contribution >= 4 is 44.7 Å². The third kappa shape index (κ3) is 3.20. The van der Waals surface area contributed by atoms with Gasteiger partial charge < -0.3 is 5.11 Å². The van der Waals surface area contributed by atoms with E-state index in [1.165, 1.54) is 11.8 Å². The Morgan fingerprint density at radius 3 is 3.06 bits per heavy atom. The summed E-state index contributed by atoms with van der Waals surface area (Å²) in [6, 6.07) is 3.76. The molecule has 0 aliphatic heterocycles. The van der Waals surface area contributed by atoms with E-state index in [9.17, 15) is 4.79 Å². The van der Waals surface area contributed by atoms with Gasteiger partial charge in [0.25, 0.3) is 0 Å². The molecule has 0 aliphatic carbocycles. The molecule has 0 spiro atoms. The second-order valence-electron chi connectivity index (χ2n) is 3.86. The molecule has 2 aromatic rings. The molecule has 94 valence electrons. The molecule has 0 aliphatic rings. The third-order valence-electron chi connectivity index (χ3n) is 2.30. The first kappa shape index (κ1) is 13.3. The predicted octanol–water partition coefficient (Wildman–Crippen LogP) is 3.35. The molecule has 4 nitrogen and oxygen atoms in total. The number of aromatic nitrogens is 2. The fraction of sp³-hybridized carbons (Fsp3) is 0.250. The summed E-state index contributed by atoms with van der Waals surface area (Å²) in [5.41, 5.74) is 1.61. The molecule has 1 atom stereocenters. The van der Waals surface area contributed by atoms with Gasteiger partial charge in [-0.25, -0.2) is 0 Å². The first-order valence-electron chi connectivity index (χ1n) is 5.35. The molecule has 0 aromatic carbocycles. The molecule has 0 saturated heterocycles. The van der Waals surface area contributed by atoms with Gasteiger partial charge in [0.1, 0.15) is 5.52 Å². The van der Waals surface area contributed by atoms with E-state index in [1.54, 1.807) is 12.4 Å². The maximum atomic E-state index is 10.7. The standard InChI is InChI=1S/C12H11BrN2O2S/c1-7(4-11(16)17)18-10-2-3-14-9-5-8(13)6-15-12(9)10/h2-3,5-7H,4H2,1H3,(H,16,17). The molecule has 0 radical (unpaired) electrons. The fourth-order valence-corrected chi connectivity index (χ4v) is 2.97.